The SMILES string of the molecule is CC(C)=CCc1c(O)cc(/C=C/c2ccc(O)cc2)c(CC=C(C)C)c1N=O. The third-order valence-corrected chi connectivity index (χ3v) is 4.39. The summed E-state index contributed by atoms with van der Waals surface area (Å²) in [6.07, 6.45) is 8.77. The topological polar surface area (TPSA) is 69.9 Å². The van der Waals surface area contributed by atoms with Gasteiger partial charge >= 0.3 is 0 Å². The molecule has 4 heteroatoms. The average Bonchev–Trinajstić information content (AvgIpc) is 2.64. The van der Waals surface area contributed by atoms with Crippen molar-refractivity contribution in [3.05, 3.63) is 80.8 Å². The summed E-state index contributed by atoms with van der Waals surface area (Å²) in [4.78, 5) is 11.7. The number of hydrogen-bond donors (Lipinski definition) is 2. The van der Waals surface area contributed by atoms with Gasteiger partial charge in [0.05, 0.1) is 0 Å². The second-order valence-corrected chi connectivity index (χ2v) is 7.28. The largest absolute Gasteiger partial charge is 0.508 e. The number of allylic oxidation sites excluding steroid dienone is 4. The highest BCUT2D eigenvalue weighted by molar-refractivity contribution is 5.77. The molecule has 0 atom stereocenters. The van der Waals surface area contributed by atoms with Gasteiger partial charge in [-0.05, 0) is 80.6 Å². The second-order valence-electron chi connectivity index (χ2n) is 7.28. The molecule has 2 aromatic rings. The van der Waals surface area contributed by atoms with Crippen LogP contribution in [0.1, 0.15) is 49.9 Å². The van der Waals surface area contributed by atoms with Crippen LogP contribution in [0.15, 0.2) is 58.8 Å². The van der Waals surface area contributed by atoms with Gasteiger partial charge in [-0.2, -0.15) is 0 Å². The summed E-state index contributed by atoms with van der Waals surface area (Å²) >= 11 is 0. The van der Waals surface area contributed by atoms with E-state index in [1.807, 2.05) is 52.0 Å². The molecule has 0 saturated heterocycles. The molecule has 0 bridgehead atoms. The number of nitrogens with zero attached hydrogens (tertiary/aromatic N) is 1. The van der Waals surface area contributed by atoms with Crippen molar-refractivity contribution in [2.24, 2.45) is 5.18 Å². The lowest BCUT2D eigenvalue weighted by molar-refractivity contribution is 0.469. The minimum atomic E-state index is 0.0680. The van der Waals surface area contributed by atoms with Gasteiger partial charge in [0, 0.05) is 5.56 Å². The smallest absolute Gasteiger partial charge is 0.121 e. The minimum Gasteiger partial charge on any atom is -0.508 e. The molecule has 146 valence electrons. The molecule has 2 N–H and O–H groups in total. The lowest BCUT2D eigenvalue weighted by Gasteiger charge is -2.13. The molecule has 2 aromatic carbocycles. The summed E-state index contributed by atoms with van der Waals surface area (Å²) in [5.41, 5.74) is 5.55. The van der Waals surface area contributed by atoms with Crippen LogP contribution >= 0.6 is 0 Å². The van der Waals surface area contributed by atoms with Crippen molar-refractivity contribution in [3.8, 4) is 11.5 Å². The third-order valence-electron chi connectivity index (χ3n) is 4.39. The molecule has 0 aliphatic carbocycles. The number of rotatable bonds is 7. The van der Waals surface area contributed by atoms with E-state index in [0.717, 1.165) is 27.8 Å². The lowest BCUT2D eigenvalue weighted by atomic mass is 9.94. The highest BCUT2D eigenvalue weighted by Gasteiger charge is 2.16. The Labute approximate surface area is 166 Å². The first kappa shape index (κ1) is 21.2. The molecule has 2 rings (SSSR count). The summed E-state index contributed by atoms with van der Waals surface area (Å²) in [6.45, 7) is 7.96. The Hall–Kier alpha value is -3.14. The quantitative estimate of drug-likeness (QED) is 0.321. The van der Waals surface area contributed by atoms with E-state index in [9.17, 15) is 15.1 Å². The zero-order valence-electron chi connectivity index (χ0n) is 16.9. The van der Waals surface area contributed by atoms with Gasteiger partial charge in [0.25, 0.3) is 0 Å². The van der Waals surface area contributed by atoms with Crippen LogP contribution in [-0.2, 0) is 12.8 Å². The zero-order chi connectivity index (χ0) is 20.7. The van der Waals surface area contributed by atoms with Crippen molar-refractivity contribution in [2.75, 3.05) is 0 Å². The van der Waals surface area contributed by atoms with E-state index in [1.165, 1.54) is 0 Å². The van der Waals surface area contributed by atoms with E-state index in [-0.39, 0.29) is 11.5 Å². The van der Waals surface area contributed by atoms with Crippen LogP contribution in [0.2, 0.25) is 0 Å². The molecule has 0 aliphatic rings. The lowest BCUT2D eigenvalue weighted by Crippen LogP contribution is -1.95. The Bertz CT molecular complexity index is 927. The Morgan fingerprint density at radius 2 is 1.46 bits per heavy atom. The Kier molecular flexibility index (Phi) is 7.33. The normalized spacial score (nSPS) is 10.7. The summed E-state index contributed by atoms with van der Waals surface area (Å²) in [5, 5.41) is 23.2. The summed E-state index contributed by atoms with van der Waals surface area (Å²) < 4.78 is 0. The van der Waals surface area contributed by atoms with Gasteiger partial charge in [0.2, 0.25) is 0 Å². The van der Waals surface area contributed by atoms with Gasteiger partial charge in [-0.1, -0.05) is 47.6 Å². The maximum absolute atomic E-state index is 11.7. The van der Waals surface area contributed by atoms with Crippen molar-refractivity contribution in [2.45, 2.75) is 40.5 Å². The maximum Gasteiger partial charge on any atom is 0.121 e. The molecule has 28 heavy (non-hydrogen) atoms. The van der Waals surface area contributed by atoms with Crippen LogP contribution < -0.4 is 0 Å². The third kappa shape index (κ3) is 5.68. The molecule has 0 aliphatic heterocycles. The van der Waals surface area contributed by atoms with Crippen LogP contribution in [0, 0.1) is 4.91 Å². The predicted octanol–water partition coefficient (Wildman–Crippen LogP) is 6.68. The number of hydrogen-bond acceptors (Lipinski definition) is 4. The van der Waals surface area contributed by atoms with Gasteiger partial charge in [-0.15, -0.1) is 4.91 Å². The molecule has 0 aromatic heterocycles. The van der Waals surface area contributed by atoms with Crippen molar-refractivity contribution >= 4 is 17.8 Å². The molecule has 0 radical (unpaired) electrons. The van der Waals surface area contributed by atoms with Gasteiger partial charge < -0.3 is 10.2 Å². The van der Waals surface area contributed by atoms with Gasteiger partial charge in [0.1, 0.15) is 17.2 Å². The summed E-state index contributed by atoms with van der Waals surface area (Å²) in [7, 11) is 0. The maximum atomic E-state index is 11.7. The first-order valence-electron chi connectivity index (χ1n) is 9.26. The summed E-state index contributed by atoms with van der Waals surface area (Å²) in [6, 6.07) is 8.51. The molecular weight excluding hydrogens is 350 g/mol. The molecule has 0 amide bonds. The standard InChI is InChI=1S/C24H27NO3/c1-16(2)5-13-21-19(10-7-18-8-11-20(26)12-9-18)15-23(27)22(24(21)25-28)14-6-17(3)4/h5-12,15,26-27H,13-14H2,1-4H3/b10-7+. The molecule has 0 unspecified atom stereocenters. The number of nitroso groups, excluding NO2 is 1. The highest BCUT2D eigenvalue weighted by atomic mass is 16.3. The monoisotopic (exact) mass is 377 g/mol. The van der Waals surface area contributed by atoms with Gasteiger partial charge in [0.15, 0.2) is 0 Å². The number of benzene rings is 2. The predicted molar refractivity (Wildman–Crippen MR) is 117 cm³/mol. The average molecular weight is 377 g/mol. The molecule has 0 fully saturated rings. The van der Waals surface area contributed by atoms with E-state index in [1.54, 1.807) is 30.3 Å². The van der Waals surface area contributed by atoms with E-state index < -0.39 is 0 Å². The zero-order valence-corrected chi connectivity index (χ0v) is 16.9. The molecule has 4 nitrogen and oxygen atoms in total. The first-order valence-corrected chi connectivity index (χ1v) is 9.26. The fourth-order valence-corrected chi connectivity index (χ4v) is 2.82. The minimum absolute atomic E-state index is 0.0680. The number of phenolic OH excluding ortho intramolecular Hbond substituents is 2. The number of phenols is 2. The van der Waals surface area contributed by atoms with Crippen molar-refractivity contribution in [1.82, 2.24) is 0 Å². The van der Waals surface area contributed by atoms with Crippen LogP contribution in [0.3, 0.4) is 0 Å². The van der Waals surface area contributed by atoms with E-state index in [4.69, 9.17) is 0 Å². The van der Waals surface area contributed by atoms with E-state index >= 15 is 0 Å². The molecule has 0 heterocycles. The van der Waals surface area contributed by atoms with E-state index in [2.05, 4.69) is 5.18 Å². The van der Waals surface area contributed by atoms with Gasteiger partial charge in [-0.3, -0.25) is 0 Å². The van der Waals surface area contributed by atoms with E-state index in [0.29, 0.717) is 24.1 Å². The second kappa shape index (κ2) is 9.70. The molecule has 0 saturated carbocycles. The fourth-order valence-electron chi connectivity index (χ4n) is 2.82. The Balaban J connectivity index is 2.57. The van der Waals surface area contributed by atoms with Crippen molar-refractivity contribution in [3.63, 3.8) is 0 Å². The Morgan fingerprint density at radius 3 is 2.00 bits per heavy atom. The first-order chi connectivity index (χ1) is 13.3. The molecular formula is C24H27NO3. The molecule has 0 spiro atoms. The highest BCUT2D eigenvalue weighted by Crippen LogP contribution is 2.37. The van der Waals surface area contributed by atoms with Crippen molar-refractivity contribution < 1.29 is 10.2 Å². The van der Waals surface area contributed by atoms with Crippen LogP contribution in [0.25, 0.3) is 12.2 Å². The van der Waals surface area contributed by atoms with Gasteiger partial charge in [-0.25, -0.2) is 0 Å². The summed E-state index contributed by atoms with van der Waals surface area (Å²) in [5.74, 6) is 0.272. The van der Waals surface area contributed by atoms with Crippen LogP contribution in [0.5, 0.6) is 11.5 Å². The number of aromatic hydroxyl groups is 2. The van der Waals surface area contributed by atoms with Crippen LogP contribution in [0.4, 0.5) is 5.69 Å². The Morgan fingerprint density at radius 1 is 0.893 bits per heavy atom. The van der Waals surface area contributed by atoms with Crippen molar-refractivity contribution in [1.29, 1.82) is 0 Å². The van der Waals surface area contributed by atoms with Crippen LogP contribution in [-0.4, -0.2) is 10.2 Å². The fraction of sp³-hybridized carbons (Fsp3) is 0.250.